The van der Waals surface area contributed by atoms with E-state index in [2.05, 4.69) is 9.55 Å². The Labute approximate surface area is 246 Å². The second kappa shape index (κ2) is 10.2. The van der Waals surface area contributed by atoms with Gasteiger partial charge in [0.25, 0.3) is 5.91 Å². The van der Waals surface area contributed by atoms with Crippen molar-refractivity contribution in [2.75, 3.05) is 19.2 Å². The lowest BCUT2D eigenvalue weighted by Gasteiger charge is -2.44. The van der Waals surface area contributed by atoms with Crippen molar-refractivity contribution in [3.05, 3.63) is 77.7 Å². The fourth-order valence-electron chi connectivity index (χ4n) is 6.17. The fraction of sp³-hybridized carbons (Fsp3) is 0.312. The Balaban J connectivity index is 1.09. The topological polar surface area (TPSA) is 111 Å². The number of aromatic carboxylic acids is 1. The summed E-state index contributed by atoms with van der Waals surface area (Å²) in [5.74, 6) is -0.0768. The Hall–Kier alpha value is -4.37. The number of nitrogens with zero attached hydrogens (tertiary/aromatic N) is 3. The van der Waals surface area contributed by atoms with Crippen LogP contribution in [0, 0.1) is 0 Å². The van der Waals surface area contributed by atoms with Crippen molar-refractivity contribution < 1.29 is 29.0 Å². The summed E-state index contributed by atoms with van der Waals surface area (Å²) in [6.07, 6.45) is 8.43. The molecule has 2 fully saturated rings. The number of aromatic nitrogens is 2. The molecule has 214 valence electrons. The van der Waals surface area contributed by atoms with Gasteiger partial charge in [0, 0.05) is 67.1 Å². The van der Waals surface area contributed by atoms with Gasteiger partial charge in [-0.05, 0) is 54.8 Å². The van der Waals surface area contributed by atoms with Gasteiger partial charge in [-0.2, -0.15) is 0 Å². The Morgan fingerprint density at radius 2 is 1.86 bits per heavy atom. The lowest BCUT2D eigenvalue weighted by molar-refractivity contribution is -0.00572. The van der Waals surface area contributed by atoms with Crippen molar-refractivity contribution in [1.29, 1.82) is 0 Å². The summed E-state index contributed by atoms with van der Waals surface area (Å²) in [6.45, 7) is 0.918. The number of ketones is 1. The number of pyridine rings is 1. The molecular weight excluding hydrogens is 558 g/mol. The van der Waals surface area contributed by atoms with Crippen LogP contribution < -0.4 is 9.47 Å². The maximum atomic E-state index is 13.7. The highest BCUT2D eigenvalue weighted by molar-refractivity contribution is 6.17. The lowest BCUT2D eigenvalue weighted by atomic mass is 9.82. The Morgan fingerprint density at radius 3 is 2.60 bits per heavy atom. The molecule has 2 aromatic carbocycles. The van der Waals surface area contributed by atoms with E-state index >= 15 is 0 Å². The smallest absolute Gasteiger partial charge is 0.337 e. The number of rotatable bonds is 6. The lowest BCUT2D eigenvalue weighted by Crippen LogP contribution is -2.52. The number of benzene rings is 2. The number of hydrogen-bond donors (Lipinski definition) is 1. The molecule has 2 aromatic heterocycles. The van der Waals surface area contributed by atoms with Gasteiger partial charge in [-0.3, -0.25) is 14.6 Å². The van der Waals surface area contributed by atoms with Crippen LogP contribution in [0.4, 0.5) is 0 Å². The zero-order chi connectivity index (χ0) is 29.0. The van der Waals surface area contributed by atoms with E-state index in [1.807, 2.05) is 23.2 Å². The van der Waals surface area contributed by atoms with Crippen LogP contribution in [-0.4, -0.2) is 62.0 Å². The van der Waals surface area contributed by atoms with Crippen molar-refractivity contribution in [2.45, 2.75) is 43.7 Å². The van der Waals surface area contributed by atoms with Gasteiger partial charge < -0.3 is 24.0 Å². The number of carbonyl (C=O) groups is 3. The van der Waals surface area contributed by atoms with Crippen LogP contribution in [0.2, 0.25) is 0 Å². The first-order valence-corrected chi connectivity index (χ1v) is 14.6. The van der Waals surface area contributed by atoms with Crippen molar-refractivity contribution in [3.63, 3.8) is 0 Å². The molecule has 10 heteroatoms. The third-order valence-electron chi connectivity index (χ3n) is 8.57. The first kappa shape index (κ1) is 26.5. The number of carboxylic acid groups (broad SMARTS) is 1. The summed E-state index contributed by atoms with van der Waals surface area (Å²) in [6, 6.07) is 13.0. The third-order valence-corrected chi connectivity index (χ3v) is 8.68. The van der Waals surface area contributed by atoms with E-state index in [0.717, 1.165) is 23.7 Å². The second-order valence-electron chi connectivity index (χ2n) is 11.3. The van der Waals surface area contributed by atoms with Crippen LogP contribution in [0.1, 0.15) is 69.2 Å². The average molecular weight is 586 g/mol. The molecule has 4 heterocycles. The third kappa shape index (κ3) is 4.67. The van der Waals surface area contributed by atoms with E-state index in [1.54, 1.807) is 30.5 Å². The number of likely N-dealkylation sites (tertiary alicyclic amines) is 1. The highest BCUT2D eigenvalue weighted by atomic mass is 35.5. The number of halogens is 1. The minimum atomic E-state index is -1.06. The summed E-state index contributed by atoms with van der Waals surface area (Å²) in [4.78, 5) is 44.2. The van der Waals surface area contributed by atoms with Gasteiger partial charge in [0.15, 0.2) is 11.8 Å². The monoisotopic (exact) mass is 585 g/mol. The van der Waals surface area contributed by atoms with Crippen LogP contribution in [0.15, 0.2) is 61.1 Å². The van der Waals surface area contributed by atoms with Gasteiger partial charge in [-0.25, -0.2) is 4.79 Å². The van der Waals surface area contributed by atoms with E-state index in [9.17, 15) is 19.5 Å². The van der Waals surface area contributed by atoms with Crippen LogP contribution >= 0.6 is 11.6 Å². The van der Waals surface area contributed by atoms with E-state index in [-0.39, 0.29) is 29.7 Å². The van der Waals surface area contributed by atoms with E-state index in [0.29, 0.717) is 65.7 Å². The zero-order valence-electron chi connectivity index (χ0n) is 22.7. The number of amides is 1. The molecule has 7 rings (SSSR count). The number of piperidine rings is 1. The number of carboxylic acids is 1. The van der Waals surface area contributed by atoms with Gasteiger partial charge in [-0.15, -0.1) is 0 Å². The number of fused-ring (bicyclic) bond motifs is 2. The molecular formula is C32H28ClN3O6. The predicted molar refractivity (Wildman–Crippen MR) is 156 cm³/mol. The van der Waals surface area contributed by atoms with Crippen LogP contribution in [-0.2, 0) is 0 Å². The van der Waals surface area contributed by atoms with Crippen molar-refractivity contribution >= 4 is 40.2 Å². The highest BCUT2D eigenvalue weighted by Gasteiger charge is 2.44. The summed E-state index contributed by atoms with van der Waals surface area (Å²) in [5, 5.41) is 10.2. The molecule has 2 aliphatic heterocycles. The molecule has 0 atom stereocenters. The molecule has 0 unspecified atom stereocenters. The Morgan fingerprint density at radius 1 is 1.05 bits per heavy atom. The number of hydrogen-bond acceptors (Lipinski definition) is 6. The SMILES string of the molecule is O=C(O)c1cncc(-c2ccc3c(c2)C(=O)CC2(CCN(C(=O)c4cc(OCCl)c5ccn(C6CC6)c5c4)CC2)O3)c1. The fourth-order valence-corrected chi connectivity index (χ4v) is 6.29. The second-order valence-corrected chi connectivity index (χ2v) is 11.5. The van der Waals surface area contributed by atoms with E-state index in [4.69, 9.17) is 21.1 Å². The molecule has 1 amide bonds. The average Bonchev–Trinajstić information content (AvgIpc) is 3.75. The molecule has 1 saturated heterocycles. The number of Topliss-reactive ketones (excluding diaryl/α,β-unsaturated/α-hetero) is 1. The van der Waals surface area contributed by atoms with Gasteiger partial charge in [0.1, 0.15) is 17.1 Å². The molecule has 1 N–H and O–H groups in total. The molecule has 1 aliphatic carbocycles. The first-order valence-electron chi connectivity index (χ1n) is 14.0. The Bertz CT molecular complexity index is 1750. The van der Waals surface area contributed by atoms with E-state index in [1.165, 1.54) is 12.3 Å². The Kier molecular flexibility index (Phi) is 6.42. The molecule has 42 heavy (non-hydrogen) atoms. The number of ether oxygens (including phenoxy) is 2. The normalized spacial score (nSPS) is 17.6. The maximum absolute atomic E-state index is 13.7. The van der Waals surface area contributed by atoms with Crippen molar-refractivity contribution in [3.8, 4) is 22.6 Å². The zero-order valence-corrected chi connectivity index (χ0v) is 23.5. The minimum absolute atomic E-state index is 0.00642. The highest BCUT2D eigenvalue weighted by Crippen LogP contribution is 2.42. The summed E-state index contributed by atoms with van der Waals surface area (Å²) in [5.41, 5.74) is 2.70. The standard InChI is InChI=1S/C32H28ClN3O6/c33-18-41-29-14-20(13-26-24(29)5-8-36(26)23-2-3-23)30(38)35-9-6-32(7-10-35)15-27(37)25-12-19(1-4-28(25)42-32)21-11-22(31(39)40)17-34-16-21/h1,4-5,8,11-14,16-17,23H,2-3,6-7,9-10,15,18H2,(H,39,40). The molecule has 1 spiro atoms. The van der Waals surface area contributed by atoms with Crippen LogP contribution in [0.5, 0.6) is 11.5 Å². The molecule has 9 nitrogen and oxygen atoms in total. The molecule has 1 saturated carbocycles. The maximum Gasteiger partial charge on any atom is 0.337 e. The largest absolute Gasteiger partial charge is 0.486 e. The van der Waals surface area contributed by atoms with Gasteiger partial charge >= 0.3 is 5.97 Å². The predicted octanol–water partition coefficient (Wildman–Crippen LogP) is 5.95. The molecule has 4 aromatic rings. The summed E-state index contributed by atoms with van der Waals surface area (Å²) >= 11 is 5.90. The quantitative estimate of drug-likeness (QED) is 0.278. The first-order chi connectivity index (χ1) is 20.3. The van der Waals surface area contributed by atoms with Crippen LogP contribution in [0.3, 0.4) is 0 Å². The summed E-state index contributed by atoms with van der Waals surface area (Å²) in [7, 11) is 0. The van der Waals surface area contributed by atoms with Gasteiger partial charge in [-0.1, -0.05) is 17.7 Å². The number of alkyl halides is 1. The molecule has 0 radical (unpaired) electrons. The van der Waals surface area contributed by atoms with Crippen molar-refractivity contribution in [1.82, 2.24) is 14.5 Å². The van der Waals surface area contributed by atoms with Gasteiger partial charge in [0.2, 0.25) is 0 Å². The van der Waals surface area contributed by atoms with Gasteiger partial charge in [0.05, 0.1) is 23.1 Å². The van der Waals surface area contributed by atoms with E-state index < -0.39 is 11.6 Å². The molecule has 0 bridgehead atoms. The minimum Gasteiger partial charge on any atom is -0.486 e. The van der Waals surface area contributed by atoms with Crippen LogP contribution in [0.25, 0.3) is 22.0 Å². The summed E-state index contributed by atoms with van der Waals surface area (Å²) < 4.78 is 14.4. The number of carbonyl (C=O) groups excluding carboxylic acids is 2. The molecule has 3 aliphatic rings. The van der Waals surface area contributed by atoms with Crippen molar-refractivity contribution in [2.24, 2.45) is 0 Å².